The Morgan fingerprint density at radius 3 is 2.82 bits per heavy atom. The van der Waals surface area contributed by atoms with Crippen molar-refractivity contribution in [3.63, 3.8) is 0 Å². The molecular weight excluding hydrogens is 304 g/mol. The number of aryl methyl sites for hydroxylation is 1. The summed E-state index contributed by atoms with van der Waals surface area (Å²) in [6, 6.07) is 1.90. The second-order valence-corrected chi connectivity index (χ2v) is 6.00. The van der Waals surface area contributed by atoms with Crippen molar-refractivity contribution in [1.82, 2.24) is 9.88 Å². The number of aliphatic carboxylic acids is 1. The van der Waals surface area contributed by atoms with Crippen molar-refractivity contribution in [1.29, 1.82) is 0 Å². The molecule has 1 unspecified atom stereocenters. The number of carbonyl (C=O) groups is 2. The van der Waals surface area contributed by atoms with Crippen LogP contribution in [0.15, 0.2) is 21.2 Å². The highest BCUT2D eigenvalue weighted by Gasteiger charge is 2.20. The van der Waals surface area contributed by atoms with Crippen LogP contribution in [0.3, 0.4) is 0 Å². The quantitative estimate of drug-likeness (QED) is 0.883. The van der Waals surface area contributed by atoms with E-state index in [0.717, 1.165) is 5.56 Å². The summed E-state index contributed by atoms with van der Waals surface area (Å²) in [5.41, 5.74) is 1.47. The second kappa shape index (κ2) is 6.74. The Balaban J connectivity index is 2.04. The van der Waals surface area contributed by atoms with Gasteiger partial charge in [0.2, 0.25) is 11.8 Å². The van der Waals surface area contributed by atoms with Gasteiger partial charge in [-0.15, -0.1) is 0 Å². The van der Waals surface area contributed by atoms with E-state index in [-0.39, 0.29) is 18.9 Å². The van der Waals surface area contributed by atoms with E-state index in [2.05, 4.69) is 4.98 Å². The van der Waals surface area contributed by atoms with E-state index >= 15 is 0 Å². The summed E-state index contributed by atoms with van der Waals surface area (Å²) in [6.45, 7) is 3.51. The summed E-state index contributed by atoms with van der Waals surface area (Å²) in [5, 5.41) is 12.8. The van der Waals surface area contributed by atoms with E-state index in [1.807, 2.05) is 16.8 Å². The first-order chi connectivity index (χ1) is 10.4. The molecule has 1 atom stereocenters. The number of hydrogen-bond donors (Lipinski definition) is 1. The topological polar surface area (TPSA) is 83.6 Å². The smallest absolute Gasteiger partial charge is 0.308 e. The molecule has 0 saturated carbocycles. The summed E-state index contributed by atoms with van der Waals surface area (Å²) in [6.07, 6.45) is 0.0995. The molecule has 118 valence electrons. The summed E-state index contributed by atoms with van der Waals surface area (Å²) in [7, 11) is 1.59. The van der Waals surface area contributed by atoms with Gasteiger partial charge in [0.15, 0.2) is 0 Å². The summed E-state index contributed by atoms with van der Waals surface area (Å²) in [4.78, 5) is 28.8. The van der Waals surface area contributed by atoms with Crippen molar-refractivity contribution < 1.29 is 19.1 Å². The van der Waals surface area contributed by atoms with Crippen molar-refractivity contribution in [2.75, 3.05) is 13.6 Å². The number of thiophene rings is 1. The average molecular weight is 322 g/mol. The Morgan fingerprint density at radius 2 is 2.23 bits per heavy atom. The largest absolute Gasteiger partial charge is 0.481 e. The van der Waals surface area contributed by atoms with Crippen LogP contribution in [0.4, 0.5) is 0 Å². The van der Waals surface area contributed by atoms with Crippen LogP contribution in [-0.4, -0.2) is 40.5 Å². The second-order valence-electron chi connectivity index (χ2n) is 5.22. The van der Waals surface area contributed by atoms with Crippen LogP contribution in [0, 0.1) is 12.8 Å². The van der Waals surface area contributed by atoms with Gasteiger partial charge >= 0.3 is 5.97 Å². The maximum Gasteiger partial charge on any atom is 0.308 e. The first-order valence-electron chi connectivity index (χ1n) is 6.84. The number of aromatic nitrogens is 1. The minimum Gasteiger partial charge on any atom is -0.481 e. The maximum absolute atomic E-state index is 12.2. The fraction of sp³-hybridized carbons (Fsp3) is 0.400. The van der Waals surface area contributed by atoms with Crippen molar-refractivity contribution in [2.24, 2.45) is 5.92 Å². The lowest BCUT2D eigenvalue weighted by molar-refractivity contribution is -0.142. The van der Waals surface area contributed by atoms with E-state index in [0.29, 0.717) is 17.3 Å². The SMILES string of the molecule is Cc1oc(-c2ccsc2)nc1CC(=O)N(C)CC(C)C(=O)O. The first kappa shape index (κ1) is 16.2. The molecule has 0 spiro atoms. The molecule has 1 amide bonds. The van der Waals surface area contributed by atoms with Crippen LogP contribution in [0.2, 0.25) is 0 Å². The number of likely N-dealkylation sites (N-methyl/N-ethyl adjacent to an activating group) is 1. The molecule has 6 nitrogen and oxygen atoms in total. The predicted octanol–water partition coefficient (Wildman–Crippen LogP) is 2.43. The first-order valence-corrected chi connectivity index (χ1v) is 7.78. The zero-order chi connectivity index (χ0) is 16.3. The Labute approximate surface area is 132 Å². The van der Waals surface area contributed by atoms with E-state index in [4.69, 9.17) is 9.52 Å². The number of amides is 1. The third-order valence-electron chi connectivity index (χ3n) is 3.37. The zero-order valence-corrected chi connectivity index (χ0v) is 13.5. The van der Waals surface area contributed by atoms with Crippen LogP contribution in [0.25, 0.3) is 11.5 Å². The molecular formula is C15H18N2O4S. The summed E-state index contributed by atoms with van der Waals surface area (Å²) in [5.74, 6) is -0.593. The monoisotopic (exact) mass is 322 g/mol. The highest BCUT2D eigenvalue weighted by molar-refractivity contribution is 7.08. The molecule has 0 aliphatic carbocycles. The van der Waals surface area contributed by atoms with Crippen molar-refractivity contribution >= 4 is 23.2 Å². The zero-order valence-electron chi connectivity index (χ0n) is 12.7. The minimum absolute atomic E-state index is 0.0995. The van der Waals surface area contributed by atoms with Crippen molar-refractivity contribution in [3.8, 4) is 11.5 Å². The van der Waals surface area contributed by atoms with Crippen LogP contribution < -0.4 is 0 Å². The molecule has 1 N–H and O–H groups in total. The highest BCUT2D eigenvalue weighted by Crippen LogP contribution is 2.24. The third kappa shape index (κ3) is 3.73. The van der Waals surface area contributed by atoms with Gasteiger partial charge in [-0.1, -0.05) is 6.92 Å². The number of oxazole rings is 1. The van der Waals surface area contributed by atoms with Crippen LogP contribution in [0.5, 0.6) is 0 Å². The van der Waals surface area contributed by atoms with E-state index in [1.54, 1.807) is 32.2 Å². The summed E-state index contributed by atoms with van der Waals surface area (Å²) >= 11 is 1.55. The minimum atomic E-state index is -0.919. The van der Waals surface area contributed by atoms with Gasteiger partial charge in [-0.2, -0.15) is 11.3 Å². The van der Waals surface area contributed by atoms with Gasteiger partial charge in [-0.25, -0.2) is 4.98 Å². The van der Waals surface area contributed by atoms with Gasteiger partial charge in [0, 0.05) is 24.5 Å². The number of carboxylic acids is 1. The molecule has 2 heterocycles. The standard InChI is InChI=1S/C15H18N2O4S/c1-9(15(19)20)7-17(3)13(18)6-12-10(2)21-14(16-12)11-4-5-22-8-11/h4-5,8-9H,6-7H2,1-3H3,(H,19,20). The maximum atomic E-state index is 12.2. The van der Waals surface area contributed by atoms with E-state index in [9.17, 15) is 9.59 Å². The number of carbonyl (C=O) groups excluding carboxylic acids is 1. The number of hydrogen-bond acceptors (Lipinski definition) is 5. The van der Waals surface area contributed by atoms with Crippen molar-refractivity contribution in [2.45, 2.75) is 20.3 Å². The molecule has 0 aromatic carbocycles. The fourth-order valence-corrected chi connectivity index (χ4v) is 2.60. The Kier molecular flexibility index (Phi) is 4.97. The molecule has 2 rings (SSSR count). The molecule has 0 aliphatic rings. The van der Waals surface area contributed by atoms with Crippen molar-refractivity contribution in [3.05, 3.63) is 28.3 Å². The van der Waals surface area contributed by atoms with E-state index < -0.39 is 11.9 Å². The molecule has 0 bridgehead atoms. The lowest BCUT2D eigenvalue weighted by Crippen LogP contribution is -2.34. The number of carboxylic acid groups (broad SMARTS) is 1. The van der Waals surface area contributed by atoms with Crippen LogP contribution in [0.1, 0.15) is 18.4 Å². The number of nitrogens with zero attached hydrogens (tertiary/aromatic N) is 2. The van der Waals surface area contributed by atoms with E-state index in [1.165, 1.54) is 4.90 Å². The van der Waals surface area contributed by atoms with Gasteiger partial charge in [0.1, 0.15) is 5.76 Å². The highest BCUT2D eigenvalue weighted by atomic mass is 32.1. The molecule has 0 saturated heterocycles. The van der Waals surface area contributed by atoms with Gasteiger partial charge in [0.25, 0.3) is 0 Å². The van der Waals surface area contributed by atoms with Crippen LogP contribution in [-0.2, 0) is 16.0 Å². The van der Waals surface area contributed by atoms with Gasteiger partial charge in [0.05, 0.1) is 18.0 Å². The molecule has 2 aromatic heterocycles. The molecule has 7 heteroatoms. The lowest BCUT2D eigenvalue weighted by Gasteiger charge is -2.18. The molecule has 22 heavy (non-hydrogen) atoms. The molecule has 0 fully saturated rings. The third-order valence-corrected chi connectivity index (χ3v) is 4.06. The van der Waals surface area contributed by atoms with Crippen LogP contribution >= 0.6 is 11.3 Å². The Bertz CT molecular complexity index is 663. The van der Waals surface area contributed by atoms with Gasteiger partial charge < -0.3 is 14.4 Å². The normalized spacial score (nSPS) is 12.1. The molecule has 0 radical (unpaired) electrons. The lowest BCUT2D eigenvalue weighted by atomic mass is 10.1. The van der Waals surface area contributed by atoms with Gasteiger partial charge in [-0.05, 0) is 18.4 Å². The summed E-state index contributed by atoms with van der Waals surface area (Å²) < 4.78 is 5.59. The average Bonchev–Trinajstić information content (AvgIpc) is 3.09. The Morgan fingerprint density at radius 1 is 1.50 bits per heavy atom. The molecule has 0 aliphatic heterocycles. The number of rotatable bonds is 6. The molecule has 2 aromatic rings. The van der Waals surface area contributed by atoms with Gasteiger partial charge in [-0.3, -0.25) is 9.59 Å². The predicted molar refractivity (Wildman–Crippen MR) is 82.7 cm³/mol. The fourth-order valence-electron chi connectivity index (χ4n) is 1.97. The Hall–Kier alpha value is -2.15.